The minimum Gasteiger partial charge on any atom is -0.352 e. The van der Waals surface area contributed by atoms with Gasteiger partial charge < -0.3 is 10.6 Å². The van der Waals surface area contributed by atoms with Gasteiger partial charge in [-0.05, 0) is 32.7 Å². The number of amides is 1. The number of rotatable bonds is 4. The molecule has 0 aromatic rings. The van der Waals surface area contributed by atoms with E-state index in [4.69, 9.17) is 0 Å². The maximum absolute atomic E-state index is 11.3. The Hall–Kier alpha value is -0.570. The van der Waals surface area contributed by atoms with E-state index < -0.39 is 0 Å². The Bertz CT molecular complexity index is 176. The van der Waals surface area contributed by atoms with Gasteiger partial charge in [0.1, 0.15) is 0 Å². The lowest BCUT2D eigenvalue weighted by Crippen LogP contribution is -2.42. The summed E-state index contributed by atoms with van der Waals surface area (Å²) in [7, 11) is 1.80. The molecule has 0 unspecified atom stereocenters. The highest BCUT2D eigenvalue weighted by atomic mass is 16.1. The molecule has 1 aliphatic carbocycles. The maximum Gasteiger partial charge on any atom is 0.234 e. The zero-order chi connectivity index (χ0) is 10.4. The Balaban J connectivity index is 2.25. The van der Waals surface area contributed by atoms with Crippen molar-refractivity contribution in [2.45, 2.75) is 45.1 Å². The van der Waals surface area contributed by atoms with Crippen LogP contribution in [-0.4, -0.2) is 25.5 Å². The van der Waals surface area contributed by atoms with Crippen LogP contribution in [0.5, 0.6) is 0 Å². The summed E-state index contributed by atoms with van der Waals surface area (Å²) in [6.07, 6.45) is 6.59. The second-order valence-corrected chi connectivity index (χ2v) is 4.28. The zero-order valence-corrected chi connectivity index (χ0v) is 9.31. The van der Waals surface area contributed by atoms with E-state index in [0.717, 1.165) is 0 Å². The second-order valence-electron chi connectivity index (χ2n) is 4.28. The molecule has 0 saturated heterocycles. The predicted molar refractivity (Wildman–Crippen MR) is 58.1 cm³/mol. The van der Waals surface area contributed by atoms with Gasteiger partial charge in [0.2, 0.25) is 5.91 Å². The topological polar surface area (TPSA) is 41.1 Å². The van der Waals surface area contributed by atoms with E-state index in [1.54, 1.807) is 7.05 Å². The first-order valence-corrected chi connectivity index (χ1v) is 5.68. The van der Waals surface area contributed by atoms with Gasteiger partial charge in [-0.1, -0.05) is 19.3 Å². The fourth-order valence-corrected chi connectivity index (χ4v) is 2.22. The van der Waals surface area contributed by atoms with Crippen molar-refractivity contribution < 1.29 is 4.79 Å². The smallest absolute Gasteiger partial charge is 0.234 e. The van der Waals surface area contributed by atoms with Crippen molar-refractivity contribution in [1.82, 2.24) is 10.6 Å². The third-order valence-electron chi connectivity index (χ3n) is 3.08. The van der Waals surface area contributed by atoms with Crippen LogP contribution in [0.3, 0.4) is 0 Å². The number of hydrogen-bond donors (Lipinski definition) is 2. The van der Waals surface area contributed by atoms with Crippen molar-refractivity contribution in [2.24, 2.45) is 5.92 Å². The van der Waals surface area contributed by atoms with Crippen LogP contribution in [-0.2, 0) is 4.79 Å². The minimum absolute atomic E-state index is 0.116. The van der Waals surface area contributed by atoms with E-state index in [9.17, 15) is 4.79 Å². The molecule has 0 heterocycles. The van der Waals surface area contributed by atoms with Gasteiger partial charge in [-0.2, -0.15) is 0 Å². The van der Waals surface area contributed by atoms with Crippen molar-refractivity contribution in [3.8, 4) is 0 Å². The van der Waals surface area contributed by atoms with Crippen molar-refractivity contribution >= 4 is 5.91 Å². The predicted octanol–water partition coefficient (Wildman–Crippen LogP) is 1.29. The number of carbonyl (C=O) groups is 1. The molecule has 1 rings (SSSR count). The summed E-state index contributed by atoms with van der Waals surface area (Å²) in [6.45, 7) is 2.56. The van der Waals surface area contributed by atoms with Crippen LogP contribution >= 0.6 is 0 Å². The molecule has 14 heavy (non-hydrogen) atoms. The molecule has 0 radical (unpaired) electrons. The van der Waals surface area contributed by atoms with E-state index in [-0.39, 0.29) is 5.91 Å². The van der Waals surface area contributed by atoms with Gasteiger partial charge in [-0.25, -0.2) is 0 Å². The van der Waals surface area contributed by atoms with Gasteiger partial charge >= 0.3 is 0 Å². The average Bonchev–Trinajstić information content (AvgIpc) is 2.19. The van der Waals surface area contributed by atoms with Gasteiger partial charge in [0.25, 0.3) is 0 Å². The normalized spacial score (nSPS) is 20.4. The number of nitrogens with one attached hydrogen (secondary N) is 2. The molecule has 0 bridgehead atoms. The summed E-state index contributed by atoms with van der Waals surface area (Å²) in [5, 5.41) is 5.91. The van der Waals surface area contributed by atoms with Crippen LogP contribution in [0.25, 0.3) is 0 Å². The van der Waals surface area contributed by atoms with Crippen LogP contribution in [0.1, 0.15) is 39.0 Å². The first-order valence-electron chi connectivity index (χ1n) is 5.68. The number of hydrogen-bond acceptors (Lipinski definition) is 2. The highest BCUT2D eigenvalue weighted by Crippen LogP contribution is 2.26. The Morgan fingerprint density at radius 3 is 2.57 bits per heavy atom. The molecule has 3 heteroatoms. The molecular weight excluding hydrogens is 176 g/mol. The molecule has 0 aliphatic heterocycles. The van der Waals surface area contributed by atoms with Gasteiger partial charge in [0.15, 0.2) is 0 Å². The summed E-state index contributed by atoms with van der Waals surface area (Å²) in [6, 6.07) is 0.344. The van der Waals surface area contributed by atoms with Crippen LogP contribution in [0.15, 0.2) is 0 Å². The van der Waals surface area contributed by atoms with E-state index in [2.05, 4.69) is 17.6 Å². The van der Waals surface area contributed by atoms with E-state index in [0.29, 0.717) is 18.5 Å². The SMILES string of the molecule is CNCC(=O)N[C@H](C)C1CCCCC1. The lowest BCUT2D eigenvalue weighted by molar-refractivity contribution is -0.121. The van der Waals surface area contributed by atoms with Crippen molar-refractivity contribution in [3.05, 3.63) is 0 Å². The summed E-state index contributed by atoms with van der Waals surface area (Å²) in [5.41, 5.74) is 0. The standard InChI is InChI=1S/C11H22N2O/c1-9(13-11(14)8-12-2)10-6-4-3-5-7-10/h9-10,12H,3-8H2,1-2H3,(H,13,14)/t9-/m1/s1. The molecule has 1 aliphatic rings. The Morgan fingerprint density at radius 2 is 2.00 bits per heavy atom. The molecule has 1 amide bonds. The summed E-state index contributed by atoms with van der Waals surface area (Å²) in [4.78, 5) is 11.3. The number of carbonyl (C=O) groups excluding carboxylic acids is 1. The van der Waals surface area contributed by atoms with Gasteiger partial charge in [-0.3, -0.25) is 4.79 Å². The fraction of sp³-hybridized carbons (Fsp3) is 0.909. The molecule has 1 atom stereocenters. The van der Waals surface area contributed by atoms with Gasteiger partial charge in [0, 0.05) is 6.04 Å². The van der Waals surface area contributed by atoms with E-state index in [1.807, 2.05) is 0 Å². The third-order valence-corrected chi connectivity index (χ3v) is 3.08. The molecule has 0 spiro atoms. The summed E-state index contributed by atoms with van der Waals surface area (Å²) in [5.74, 6) is 0.815. The molecular formula is C11H22N2O. The lowest BCUT2D eigenvalue weighted by atomic mass is 9.84. The largest absolute Gasteiger partial charge is 0.352 e. The average molecular weight is 198 g/mol. The molecule has 1 fully saturated rings. The molecule has 0 aromatic carbocycles. The minimum atomic E-state index is 0.116. The van der Waals surface area contributed by atoms with Crippen LogP contribution < -0.4 is 10.6 Å². The summed E-state index contributed by atoms with van der Waals surface area (Å²) >= 11 is 0. The Labute approximate surface area is 86.6 Å². The summed E-state index contributed by atoms with van der Waals surface area (Å²) < 4.78 is 0. The fourth-order valence-electron chi connectivity index (χ4n) is 2.22. The molecule has 82 valence electrons. The van der Waals surface area contributed by atoms with E-state index in [1.165, 1.54) is 32.1 Å². The molecule has 0 aromatic heterocycles. The third kappa shape index (κ3) is 3.66. The first kappa shape index (κ1) is 11.5. The van der Waals surface area contributed by atoms with Gasteiger partial charge in [-0.15, -0.1) is 0 Å². The number of likely N-dealkylation sites (N-methyl/N-ethyl adjacent to an activating group) is 1. The van der Waals surface area contributed by atoms with Crippen molar-refractivity contribution in [1.29, 1.82) is 0 Å². The van der Waals surface area contributed by atoms with Crippen LogP contribution in [0.2, 0.25) is 0 Å². The molecule has 3 nitrogen and oxygen atoms in total. The van der Waals surface area contributed by atoms with Crippen molar-refractivity contribution in [3.63, 3.8) is 0 Å². The monoisotopic (exact) mass is 198 g/mol. The lowest BCUT2D eigenvalue weighted by Gasteiger charge is -2.28. The highest BCUT2D eigenvalue weighted by Gasteiger charge is 2.20. The Morgan fingerprint density at radius 1 is 1.36 bits per heavy atom. The zero-order valence-electron chi connectivity index (χ0n) is 9.31. The quantitative estimate of drug-likeness (QED) is 0.714. The maximum atomic E-state index is 11.3. The Kier molecular flexibility index (Phi) is 4.94. The molecule has 1 saturated carbocycles. The van der Waals surface area contributed by atoms with Crippen LogP contribution in [0.4, 0.5) is 0 Å². The van der Waals surface area contributed by atoms with Crippen molar-refractivity contribution in [2.75, 3.05) is 13.6 Å². The highest BCUT2D eigenvalue weighted by molar-refractivity contribution is 5.78. The molecule has 2 N–H and O–H groups in total. The van der Waals surface area contributed by atoms with E-state index >= 15 is 0 Å². The first-order chi connectivity index (χ1) is 6.74. The van der Waals surface area contributed by atoms with Gasteiger partial charge in [0.05, 0.1) is 6.54 Å². The van der Waals surface area contributed by atoms with Crippen LogP contribution in [0, 0.1) is 5.92 Å². The second kappa shape index (κ2) is 6.02.